The Bertz CT molecular complexity index is 715. The number of carbonyl (C=O) groups is 1. The van der Waals surface area contributed by atoms with Crippen LogP contribution in [0.5, 0.6) is 0 Å². The van der Waals surface area contributed by atoms with E-state index in [1.54, 1.807) is 17.2 Å². The molecule has 0 aliphatic rings. The Balaban J connectivity index is 2.15. The zero-order chi connectivity index (χ0) is 18.4. The van der Waals surface area contributed by atoms with Gasteiger partial charge in [-0.25, -0.2) is 9.78 Å². The fraction of sp³-hybridized carbons (Fsp3) is 0.444. The van der Waals surface area contributed by atoms with Gasteiger partial charge in [-0.15, -0.1) is 0 Å². The minimum atomic E-state index is -0.0692. The van der Waals surface area contributed by atoms with Crippen LogP contribution in [0.2, 0.25) is 10.0 Å². The van der Waals surface area contributed by atoms with Crippen molar-refractivity contribution in [2.75, 3.05) is 13.1 Å². The molecule has 0 aliphatic heterocycles. The van der Waals surface area contributed by atoms with Crippen LogP contribution in [0.1, 0.15) is 32.2 Å². The van der Waals surface area contributed by atoms with E-state index in [0.29, 0.717) is 42.1 Å². The second-order valence-corrected chi connectivity index (χ2v) is 7.14. The first-order valence-corrected chi connectivity index (χ1v) is 9.13. The maximum absolute atomic E-state index is 12.3. The van der Waals surface area contributed by atoms with E-state index in [-0.39, 0.29) is 6.03 Å². The molecule has 0 aliphatic carbocycles. The fourth-order valence-corrected chi connectivity index (χ4v) is 2.88. The van der Waals surface area contributed by atoms with Crippen LogP contribution in [0.15, 0.2) is 30.6 Å². The molecule has 1 N–H and O–H groups in total. The Labute approximate surface area is 158 Å². The number of imidazole rings is 1. The molecular formula is C18H24Cl2N4O. The Kier molecular flexibility index (Phi) is 7.14. The van der Waals surface area contributed by atoms with Crippen molar-refractivity contribution in [1.82, 2.24) is 19.8 Å². The summed E-state index contributed by atoms with van der Waals surface area (Å²) in [5.41, 5.74) is 1.03. The van der Waals surface area contributed by atoms with Crippen molar-refractivity contribution in [1.29, 1.82) is 0 Å². The van der Waals surface area contributed by atoms with Crippen molar-refractivity contribution < 1.29 is 4.79 Å². The first-order valence-electron chi connectivity index (χ1n) is 8.37. The monoisotopic (exact) mass is 382 g/mol. The first-order chi connectivity index (χ1) is 11.9. The van der Waals surface area contributed by atoms with E-state index in [0.717, 1.165) is 11.4 Å². The fourth-order valence-electron chi connectivity index (χ4n) is 2.56. The SMILES string of the molecule is CCNC(=O)N(Cc1nccn1Cc1ccc(Cl)c(Cl)c1)CC(C)C. The van der Waals surface area contributed by atoms with Crippen molar-refractivity contribution in [3.05, 3.63) is 52.0 Å². The van der Waals surface area contributed by atoms with Crippen LogP contribution in [0.3, 0.4) is 0 Å². The number of carbonyl (C=O) groups excluding carboxylic acids is 1. The molecule has 0 saturated heterocycles. The smallest absolute Gasteiger partial charge is 0.317 e. The highest BCUT2D eigenvalue weighted by Crippen LogP contribution is 2.23. The number of nitrogens with one attached hydrogen (secondary N) is 1. The van der Waals surface area contributed by atoms with Gasteiger partial charge in [0.25, 0.3) is 0 Å². The number of hydrogen-bond donors (Lipinski definition) is 1. The van der Waals surface area contributed by atoms with Crippen LogP contribution in [0.25, 0.3) is 0 Å². The zero-order valence-electron chi connectivity index (χ0n) is 14.8. The molecule has 2 amide bonds. The lowest BCUT2D eigenvalue weighted by Crippen LogP contribution is -2.41. The molecule has 7 heteroatoms. The lowest BCUT2D eigenvalue weighted by molar-refractivity contribution is 0.186. The number of urea groups is 1. The summed E-state index contributed by atoms with van der Waals surface area (Å²) in [6.45, 7) is 8.45. The summed E-state index contributed by atoms with van der Waals surface area (Å²) >= 11 is 12.1. The molecule has 136 valence electrons. The van der Waals surface area contributed by atoms with Crippen LogP contribution in [0, 0.1) is 5.92 Å². The third-order valence-electron chi connectivity index (χ3n) is 3.67. The molecular weight excluding hydrogens is 359 g/mol. The number of benzene rings is 1. The molecule has 2 rings (SSSR count). The summed E-state index contributed by atoms with van der Waals surface area (Å²) in [7, 11) is 0. The molecule has 5 nitrogen and oxygen atoms in total. The first kappa shape index (κ1) is 19.6. The van der Waals surface area contributed by atoms with Gasteiger partial charge in [0, 0.05) is 32.0 Å². The molecule has 25 heavy (non-hydrogen) atoms. The summed E-state index contributed by atoms with van der Waals surface area (Å²) in [4.78, 5) is 18.5. The molecule has 2 aromatic rings. The van der Waals surface area contributed by atoms with E-state index in [2.05, 4.69) is 24.1 Å². The Morgan fingerprint density at radius 3 is 2.72 bits per heavy atom. The average Bonchev–Trinajstić information content (AvgIpc) is 2.97. The van der Waals surface area contributed by atoms with E-state index < -0.39 is 0 Å². The third-order valence-corrected chi connectivity index (χ3v) is 4.41. The highest BCUT2D eigenvalue weighted by molar-refractivity contribution is 6.42. The molecule has 0 fully saturated rings. The Morgan fingerprint density at radius 2 is 2.08 bits per heavy atom. The molecule has 0 saturated carbocycles. The van der Waals surface area contributed by atoms with E-state index in [9.17, 15) is 4.79 Å². The van der Waals surface area contributed by atoms with E-state index in [1.165, 1.54) is 0 Å². The largest absolute Gasteiger partial charge is 0.338 e. The van der Waals surface area contributed by atoms with Gasteiger partial charge >= 0.3 is 6.03 Å². The van der Waals surface area contributed by atoms with Crippen LogP contribution >= 0.6 is 23.2 Å². The standard InChI is InChI=1S/C18H24Cl2N4O/c1-4-21-18(25)24(10-13(2)3)12-17-22-7-8-23(17)11-14-5-6-15(19)16(20)9-14/h5-9,13H,4,10-12H2,1-3H3,(H,21,25). The molecule has 0 atom stereocenters. The van der Waals surface area contributed by atoms with Crippen molar-refractivity contribution in [2.24, 2.45) is 5.92 Å². The predicted octanol–water partition coefficient (Wildman–Crippen LogP) is 4.43. The lowest BCUT2D eigenvalue weighted by Gasteiger charge is -2.24. The van der Waals surface area contributed by atoms with Crippen LogP contribution in [-0.4, -0.2) is 33.6 Å². The normalized spacial score (nSPS) is 11.0. The Morgan fingerprint density at radius 1 is 1.32 bits per heavy atom. The maximum atomic E-state index is 12.3. The highest BCUT2D eigenvalue weighted by atomic mass is 35.5. The average molecular weight is 383 g/mol. The zero-order valence-corrected chi connectivity index (χ0v) is 16.3. The van der Waals surface area contributed by atoms with Gasteiger partial charge in [-0.05, 0) is 30.5 Å². The summed E-state index contributed by atoms with van der Waals surface area (Å²) in [5, 5.41) is 3.93. The molecule has 0 spiro atoms. The number of halogens is 2. The topological polar surface area (TPSA) is 50.2 Å². The molecule has 0 unspecified atom stereocenters. The van der Waals surface area contributed by atoms with Gasteiger partial charge in [0.1, 0.15) is 5.82 Å². The number of aromatic nitrogens is 2. The molecule has 1 aromatic carbocycles. The summed E-state index contributed by atoms with van der Waals surface area (Å²) in [6, 6.07) is 5.51. The van der Waals surface area contributed by atoms with Gasteiger partial charge in [0.05, 0.1) is 16.6 Å². The van der Waals surface area contributed by atoms with Gasteiger partial charge in [0.2, 0.25) is 0 Å². The summed E-state index contributed by atoms with van der Waals surface area (Å²) < 4.78 is 2.02. The summed E-state index contributed by atoms with van der Waals surface area (Å²) in [5.74, 6) is 1.21. The van der Waals surface area contributed by atoms with Crippen molar-refractivity contribution in [3.8, 4) is 0 Å². The maximum Gasteiger partial charge on any atom is 0.317 e. The van der Waals surface area contributed by atoms with E-state index >= 15 is 0 Å². The van der Waals surface area contributed by atoms with Crippen molar-refractivity contribution >= 4 is 29.2 Å². The predicted molar refractivity (Wildman–Crippen MR) is 102 cm³/mol. The minimum Gasteiger partial charge on any atom is -0.338 e. The highest BCUT2D eigenvalue weighted by Gasteiger charge is 2.17. The number of hydrogen-bond acceptors (Lipinski definition) is 2. The van der Waals surface area contributed by atoms with Crippen LogP contribution in [-0.2, 0) is 13.1 Å². The minimum absolute atomic E-state index is 0.0692. The second-order valence-electron chi connectivity index (χ2n) is 6.33. The molecule has 0 bridgehead atoms. The van der Waals surface area contributed by atoms with Crippen molar-refractivity contribution in [2.45, 2.75) is 33.9 Å². The second kappa shape index (κ2) is 9.11. The van der Waals surface area contributed by atoms with Gasteiger partial charge in [-0.2, -0.15) is 0 Å². The molecule has 1 aromatic heterocycles. The third kappa shape index (κ3) is 5.65. The van der Waals surface area contributed by atoms with Crippen LogP contribution in [0.4, 0.5) is 4.79 Å². The quantitative estimate of drug-likeness (QED) is 0.769. The molecule has 1 heterocycles. The number of rotatable bonds is 7. The molecule has 0 radical (unpaired) electrons. The number of nitrogens with zero attached hydrogens (tertiary/aromatic N) is 3. The van der Waals surface area contributed by atoms with Gasteiger partial charge < -0.3 is 14.8 Å². The van der Waals surface area contributed by atoms with Crippen LogP contribution < -0.4 is 5.32 Å². The Hall–Kier alpha value is -1.72. The van der Waals surface area contributed by atoms with Gasteiger partial charge in [0.15, 0.2) is 0 Å². The lowest BCUT2D eigenvalue weighted by atomic mass is 10.2. The van der Waals surface area contributed by atoms with E-state index in [4.69, 9.17) is 23.2 Å². The van der Waals surface area contributed by atoms with Gasteiger partial charge in [-0.1, -0.05) is 43.1 Å². The van der Waals surface area contributed by atoms with Gasteiger partial charge in [-0.3, -0.25) is 0 Å². The van der Waals surface area contributed by atoms with Crippen molar-refractivity contribution in [3.63, 3.8) is 0 Å². The summed E-state index contributed by atoms with van der Waals surface area (Å²) in [6.07, 6.45) is 3.65. The number of amides is 2. The van der Waals surface area contributed by atoms with E-state index in [1.807, 2.05) is 29.8 Å².